The Kier molecular flexibility index (Phi) is 5.53. The first-order chi connectivity index (χ1) is 10.6. The van der Waals surface area contributed by atoms with E-state index >= 15 is 0 Å². The fourth-order valence-electron chi connectivity index (χ4n) is 3.97. The lowest BCUT2D eigenvalue weighted by molar-refractivity contribution is -0.190. The van der Waals surface area contributed by atoms with Crippen LogP contribution in [0.3, 0.4) is 0 Å². The summed E-state index contributed by atoms with van der Waals surface area (Å²) < 4.78 is 16.4. The molecule has 0 aliphatic carbocycles. The molecule has 0 unspecified atom stereocenters. The first-order valence-electron chi connectivity index (χ1n) is 8.29. The number of amides is 1. The van der Waals surface area contributed by atoms with Crippen molar-refractivity contribution in [2.45, 2.75) is 66.7 Å². The van der Waals surface area contributed by atoms with Crippen molar-refractivity contribution in [1.82, 2.24) is 4.90 Å². The van der Waals surface area contributed by atoms with Crippen LogP contribution >= 0.6 is 0 Å². The quantitative estimate of drug-likeness (QED) is 0.558. The van der Waals surface area contributed by atoms with Crippen molar-refractivity contribution in [1.29, 1.82) is 0 Å². The predicted molar refractivity (Wildman–Crippen MR) is 95.4 cm³/mol. The van der Waals surface area contributed by atoms with Crippen LogP contribution in [0.2, 0.25) is 0 Å². The van der Waals surface area contributed by atoms with Crippen LogP contribution in [-0.4, -0.2) is 52.4 Å². The maximum Gasteiger partial charge on any atom is 0.413 e. The molecule has 1 rings (SSSR count). The van der Waals surface area contributed by atoms with E-state index in [1.807, 2.05) is 13.8 Å². The Hall–Kier alpha value is -1.08. The zero-order chi connectivity index (χ0) is 19.1. The minimum atomic E-state index is -1.46. The van der Waals surface area contributed by atoms with E-state index in [9.17, 15) is 9.59 Å². The number of likely N-dealkylation sites (tertiary alicyclic amines) is 1. The van der Waals surface area contributed by atoms with Crippen LogP contribution < -0.4 is 0 Å². The van der Waals surface area contributed by atoms with Crippen molar-refractivity contribution in [3.8, 4) is 0 Å². The van der Waals surface area contributed by atoms with Crippen LogP contribution in [0.4, 0.5) is 4.79 Å². The van der Waals surface area contributed by atoms with Crippen molar-refractivity contribution >= 4 is 22.5 Å². The van der Waals surface area contributed by atoms with Gasteiger partial charge in [0.1, 0.15) is 16.1 Å². The fraction of sp³-hybridized carbons (Fsp3) is 0.882. The Labute approximate surface area is 148 Å². The third-order valence-corrected chi connectivity index (χ3v) is 5.50. The third-order valence-electron chi connectivity index (χ3n) is 4.91. The Bertz CT molecular complexity index is 506. The molecule has 0 bridgehead atoms. The second-order valence-corrected chi connectivity index (χ2v) is 9.48. The molecule has 1 heterocycles. The van der Waals surface area contributed by atoms with Crippen LogP contribution in [0.5, 0.6) is 0 Å². The molecule has 1 saturated heterocycles. The zero-order valence-electron chi connectivity index (χ0n) is 16.8. The topological polar surface area (TPSA) is 65.1 Å². The number of carbonyl (C=O) groups is 2. The van der Waals surface area contributed by atoms with Crippen LogP contribution in [0.1, 0.15) is 55.4 Å². The Morgan fingerprint density at radius 2 is 1.62 bits per heavy atom. The summed E-state index contributed by atoms with van der Waals surface area (Å²) >= 11 is 0. The van der Waals surface area contributed by atoms with E-state index in [0.29, 0.717) is 6.54 Å². The number of hydrogen-bond donors (Lipinski definition) is 0. The maximum absolute atomic E-state index is 12.8. The minimum absolute atomic E-state index is 0.0329. The molecule has 1 amide bonds. The van der Waals surface area contributed by atoms with Gasteiger partial charge in [0.05, 0.1) is 7.11 Å². The Morgan fingerprint density at radius 3 is 1.96 bits per heavy atom. The highest BCUT2D eigenvalue weighted by Crippen LogP contribution is 2.56. The van der Waals surface area contributed by atoms with Gasteiger partial charge >= 0.3 is 12.1 Å². The zero-order valence-corrected chi connectivity index (χ0v) is 18.8. The average molecular weight is 360 g/mol. The van der Waals surface area contributed by atoms with Gasteiger partial charge in [-0.25, -0.2) is 9.59 Å². The SMILES string of the molecule is COC(=O)[C@]1(O[SiH3])N(C(=O)OC(C)(C)C)C[C@H](C(C)(C)C)C1(C)C. The average Bonchev–Trinajstić information content (AvgIpc) is 2.63. The van der Waals surface area contributed by atoms with Gasteiger partial charge in [-0.2, -0.15) is 0 Å². The normalized spacial score (nSPS) is 27.2. The second kappa shape index (κ2) is 6.33. The third kappa shape index (κ3) is 3.33. The molecule has 1 fully saturated rings. The van der Waals surface area contributed by atoms with Gasteiger partial charge in [0.2, 0.25) is 5.72 Å². The first kappa shape index (κ1) is 21.0. The lowest BCUT2D eigenvalue weighted by atomic mass is 9.64. The molecule has 140 valence electrons. The summed E-state index contributed by atoms with van der Waals surface area (Å²) in [7, 11) is 1.60. The standard InChI is InChI=1S/C17H33NO5Si/c1-14(2,3)11-10-18(13(20)22-15(4,5)6)17(23-24,12(19)21-9)16(11,7)8/h11H,10H2,1-9,24H3/t11-,17-/m1/s1. The van der Waals surface area contributed by atoms with E-state index < -0.39 is 28.8 Å². The highest BCUT2D eigenvalue weighted by Gasteiger charge is 2.69. The monoisotopic (exact) mass is 359 g/mol. The van der Waals surface area contributed by atoms with Gasteiger partial charge in [-0.05, 0) is 32.1 Å². The van der Waals surface area contributed by atoms with Crippen molar-refractivity contribution in [2.24, 2.45) is 16.7 Å². The van der Waals surface area contributed by atoms with Crippen molar-refractivity contribution < 1.29 is 23.5 Å². The van der Waals surface area contributed by atoms with E-state index in [1.165, 1.54) is 12.0 Å². The highest BCUT2D eigenvalue weighted by atomic mass is 28.2. The summed E-state index contributed by atoms with van der Waals surface area (Å²) in [6.45, 7) is 16.0. The van der Waals surface area contributed by atoms with Crippen molar-refractivity contribution in [2.75, 3.05) is 13.7 Å². The maximum atomic E-state index is 12.8. The summed E-state index contributed by atoms with van der Waals surface area (Å²) in [4.78, 5) is 27.0. The van der Waals surface area contributed by atoms with E-state index in [-0.39, 0.29) is 21.8 Å². The molecule has 0 aromatic carbocycles. The molecule has 6 nitrogen and oxygen atoms in total. The summed E-state index contributed by atoms with van der Waals surface area (Å²) in [6, 6.07) is 0. The molecular weight excluding hydrogens is 326 g/mol. The molecule has 0 aromatic rings. The molecule has 24 heavy (non-hydrogen) atoms. The van der Waals surface area contributed by atoms with Gasteiger partial charge in [-0.3, -0.25) is 4.90 Å². The first-order valence-corrected chi connectivity index (χ1v) is 9.11. The lowest BCUT2D eigenvalue weighted by Gasteiger charge is -2.45. The highest BCUT2D eigenvalue weighted by molar-refractivity contribution is 6.01. The molecule has 0 spiro atoms. The predicted octanol–water partition coefficient (Wildman–Crippen LogP) is 2.09. The van der Waals surface area contributed by atoms with E-state index in [2.05, 4.69) is 20.8 Å². The number of esters is 1. The molecule has 0 aromatic heterocycles. The molecule has 0 radical (unpaired) electrons. The van der Waals surface area contributed by atoms with E-state index in [4.69, 9.17) is 13.9 Å². The summed E-state index contributed by atoms with van der Waals surface area (Å²) in [5.41, 5.74) is -2.88. The van der Waals surface area contributed by atoms with Gasteiger partial charge < -0.3 is 13.9 Å². The van der Waals surface area contributed by atoms with Crippen molar-refractivity contribution in [3.63, 3.8) is 0 Å². The van der Waals surface area contributed by atoms with Gasteiger partial charge in [0.25, 0.3) is 0 Å². The molecule has 7 heteroatoms. The smallest absolute Gasteiger partial charge is 0.413 e. The molecule has 2 atom stereocenters. The van der Waals surface area contributed by atoms with Crippen LogP contribution in [0, 0.1) is 16.7 Å². The Balaban J connectivity index is 3.49. The molecule has 1 aliphatic rings. The number of nitrogens with zero attached hydrogens (tertiary/aromatic N) is 1. The fourth-order valence-corrected chi connectivity index (χ4v) is 4.88. The van der Waals surface area contributed by atoms with E-state index in [0.717, 1.165) is 0 Å². The van der Waals surface area contributed by atoms with Gasteiger partial charge in [-0.1, -0.05) is 34.6 Å². The second-order valence-electron chi connectivity index (χ2n) is 9.07. The number of rotatable bonds is 2. The number of carbonyl (C=O) groups excluding carboxylic acids is 2. The Morgan fingerprint density at radius 1 is 1.12 bits per heavy atom. The van der Waals surface area contributed by atoms with Gasteiger partial charge in [0.15, 0.2) is 0 Å². The van der Waals surface area contributed by atoms with Gasteiger partial charge in [0, 0.05) is 12.0 Å². The summed E-state index contributed by atoms with van der Waals surface area (Å²) in [5.74, 6) is -0.523. The molecule has 0 saturated carbocycles. The number of methoxy groups -OCH3 is 1. The number of hydrogen-bond acceptors (Lipinski definition) is 5. The lowest BCUT2D eigenvalue weighted by Crippen LogP contribution is -2.62. The number of ether oxygens (including phenoxy) is 2. The minimum Gasteiger partial charge on any atom is -0.465 e. The molecule has 0 N–H and O–H groups in total. The van der Waals surface area contributed by atoms with Crippen LogP contribution in [0.25, 0.3) is 0 Å². The summed E-state index contributed by atoms with van der Waals surface area (Å²) in [6.07, 6.45) is -0.552. The van der Waals surface area contributed by atoms with Crippen molar-refractivity contribution in [3.05, 3.63) is 0 Å². The van der Waals surface area contributed by atoms with Crippen LogP contribution in [-0.2, 0) is 18.7 Å². The van der Waals surface area contributed by atoms with E-state index in [1.54, 1.807) is 20.8 Å². The largest absolute Gasteiger partial charge is 0.465 e. The molecule has 1 aliphatic heterocycles. The summed E-state index contributed by atoms with van der Waals surface area (Å²) in [5, 5.41) is 0. The molecular formula is C17H33NO5Si. The van der Waals surface area contributed by atoms with Gasteiger partial charge in [-0.15, -0.1) is 0 Å². The van der Waals surface area contributed by atoms with Crippen LogP contribution in [0.15, 0.2) is 0 Å².